The molecule has 1 fully saturated rings. The molecule has 20 heavy (non-hydrogen) atoms. The van der Waals surface area contributed by atoms with Crippen LogP contribution in [0.1, 0.15) is 37.8 Å². The fourth-order valence-electron chi connectivity index (χ4n) is 3.22. The monoisotopic (exact) mass is 277 g/mol. The van der Waals surface area contributed by atoms with Gasteiger partial charge in [0.2, 0.25) is 0 Å². The lowest BCUT2D eigenvalue weighted by Crippen LogP contribution is -2.35. The van der Waals surface area contributed by atoms with Gasteiger partial charge in [-0.1, -0.05) is 25.5 Å². The molecule has 1 aromatic rings. The van der Waals surface area contributed by atoms with Gasteiger partial charge >= 0.3 is 0 Å². The minimum atomic E-state index is -0.325. The van der Waals surface area contributed by atoms with Crippen LogP contribution in [0.2, 0.25) is 0 Å². The average Bonchev–Trinajstić information content (AvgIpc) is 2.68. The summed E-state index contributed by atoms with van der Waals surface area (Å²) in [6.07, 6.45) is 3.46. The van der Waals surface area contributed by atoms with E-state index < -0.39 is 0 Å². The van der Waals surface area contributed by atoms with Gasteiger partial charge in [0.15, 0.2) is 0 Å². The summed E-state index contributed by atoms with van der Waals surface area (Å²) in [6, 6.07) is 7.23. The molecule has 1 aliphatic heterocycles. The van der Waals surface area contributed by atoms with Gasteiger partial charge in [0.25, 0.3) is 5.69 Å². The van der Waals surface area contributed by atoms with Crippen LogP contribution in [0.4, 0.5) is 5.69 Å². The molecule has 2 unspecified atom stereocenters. The first-order valence-electron chi connectivity index (χ1n) is 7.35. The number of nitrogens with zero attached hydrogens (tertiary/aromatic N) is 2. The summed E-state index contributed by atoms with van der Waals surface area (Å²) in [5, 5.41) is 11.0. The molecule has 0 aromatic heterocycles. The SMILES string of the molecule is CCN1CCCCC(CN)C1c1cccc([N+](=O)[O-])c1. The van der Waals surface area contributed by atoms with Crippen molar-refractivity contribution in [2.75, 3.05) is 19.6 Å². The molecule has 1 saturated heterocycles. The number of nitro benzene ring substituents is 1. The number of non-ortho nitro benzene ring substituents is 1. The summed E-state index contributed by atoms with van der Waals surface area (Å²) in [5.41, 5.74) is 7.15. The van der Waals surface area contributed by atoms with Crippen LogP contribution in [-0.4, -0.2) is 29.5 Å². The maximum atomic E-state index is 11.0. The van der Waals surface area contributed by atoms with Crippen LogP contribution in [0.3, 0.4) is 0 Å². The van der Waals surface area contributed by atoms with Crippen LogP contribution in [0.25, 0.3) is 0 Å². The van der Waals surface area contributed by atoms with E-state index in [9.17, 15) is 10.1 Å². The number of benzene rings is 1. The summed E-state index contributed by atoms with van der Waals surface area (Å²) >= 11 is 0. The molecule has 1 heterocycles. The summed E-state index contributed by atoms with van der Waals surface area (Å²) < 4.78 is 0. The van der Waals surface area contributed by atoms with Crippen molar-refractivity contribution < 1.29 is 4.92 Å². The molecule has 0 amide bonds. The maximum absolute atomic E-state index is 11.0. The number of rotatable bonds is 4. The first kappa shape index (κ1) is 14.9. The molecular formula is C15H23N3O2. The van der Waals surface area contributed by atoms with Crippen LogP contribution >= 0.6 is 0 Å². The quantitative estimate of drug-likeness (QED) is 0.678. The molecule has 0 saturated carbocycles. The van der Waals surface area contributed by atoms with Crippen LogP contribution in [0.5, 0.6) is 0 Å². The van der Waals surface area contributed by atoms with Crippen molar-refractivity contribution in [1.82, 2.24) is 4.90 Å². The van der Waals surface area contributed by atoms with Crippen molar-refractivity contribution in [3.63, 3.8) is 0 Å². The van der Waals surface area contributed by atoms with E-state index in [4.69, 9.17) is 5.73 Å². The summed E-state index contributed by atoms with van der Waals surface area (Å²) in [7, 11) is 0. The minimum Gasteiger partial charge on any atom is -0.330 e. The Kier molecular flexibility index (Phi) is 5.09. The van der Waals surface area contributed by atoms with Crippen molar-refractivity contribution in [2.24, 2.45) is 11.7 Å². The molecule has 0 spiro atoms. The second kappa shape index (κ2) is 6.81. The van der Waals surface area contributed by atoms with Crippen LogP contribution in [0, 0.1) is 16.0 Å². The van der Waals surface area contributed by atoms with E-state index in [0.29, 0.717) is 12.5 Å². The molecule has 2 rings (SSSR count). The van der Waals surface area contributed by atoms with E-state index in [1.54, 1.807) is 18.2 Å². The fraction of sp³-hybridized carbons (Fsp3) is 0.600. The van der Waals surface area contributed by atoms with E-state index in [-0.39, 0.29) is 16.7 Å². The highest BCUT2D eigenvalue weighted by molar-refractivity contribution is 5.36. The predicted molar refractivity (Wildman–Crippen MR) is 79.5 cm³/mol. The van der Waals surface area contributed by atoms with Crippen LogP contribution < -0.4 is 5.73 Å². The van der Waals surface area contributed by atoms with Crippen molar-refractivity contribution in [3.05, 3.63) is 39.9 Å². The van der Waals surface area contributed by atoms with E-state index in [0.717, 1.165) is 25.1 Å². The molecule has 5 heteroatoms. The lowest BCUT2D eigenvalue weighted by molar-refractivity contribution is -0.385. The van der Waals surface area contributed by atoms with Gasteiger partial charge in [-0.2, -0.15) is 0 Å². The Bertz CT molecular complexity index is 450. The standard InChI is InChI=1S/C15H23N3O2/c1-2-17-9-4-3-6-13(11-16)15(17)12-7-5-8-14(10-12)18(19)20/h5,7-8,10,13,15H,2-4,6,9,11,16H2,1H3. The molecule has 2 atom stereocenters. The van der Waals surface area contributed by atoms with E-state index in [2.05, 4.69) is 11.8 Å². The zero-order valence-electron chi connectivity index (χ0n) is 12.0. The number of nitrogens with two attached hydrogens (primary N) is 1. The Morgan fingerprint density at radius 3 is 2.90 bits per heavy atom. The van der Waals surface area contributed by atoms with Crippen LogP contribution in [-0.2, 0) is 0 Å². The first-order chi connectivity index (χ1) is 9.67. The van der Waals surface area contributed by atoms with E-state index >= 15 is 0 Å². The molecule has 5 nitrogen and oxygen atoms in total. The summed E-state index contributed by atoms with van der Waals surface area (Å²) in [4.78, 5) is 13.1. The molecule has 1 aromatic carbocycles. The zero-order chi connectivity index (χ0) is 14.5. The average molecular weight is 277 g/mol. The summed E-state index contributed by atoms with van der Waals surface area (Å²) in [6.45, 7) is 4.76. The van der Waals surface area contributed by atoms with E-state index in [1.165, 1.54) is 12.8 Å². The van der Waals surface area contributed by atoms with Crippen molar-refractivity contribution in [2.45, 2.75) is 32.2 Å². The maximum Gasteiger partial charge on any atom is 0.269 e. The van der Waals surface area contributed by atoms with Gasteiger partial charge in [-0.25, -0.2) is 0 Å². The minimum absolute atomic E-state index is 0.165. The molecular weight excluding hydrogens is 254 g/mol. The Morgan fingerprint density at radius 1 is 1.45 bits per heavy atom. The van der Waals surface area contributed by atoms with Crippen molar-refractivity contribution >= 4 is 5.69 Å². The largest absolute Gasteiger partial charge is 0.330 e. The van der Waals surface area contributed by atoms with Gasteiger partial charge in [0, 0.05) is 18.2 Å². The Balaban J connectivity index is 2.37. The lowest BCUT2D eigenvalue weighted by atomic mass is 9.89. The topological polar surface area (TPSA) is 72.4 Å². The van der Waals surface area contributed by atoms with E-state index in [1.807, 2.05) is 6.07 Å². The van der Waals surface area contributed by atoms with Gasteiger partial charge in [-0.15, -0.1) is 0 Å². The Hall–Kier alpha value is -1.46. The third-order valence-electron chi connectivity index (χ3n) is 4.24. The lowest BCUT2D eigenvalue weighted by Gasteiger charge is -2.34. The molecule has 0 radical (unpaired) electrons. The predicted octanol–water partition coefficient (Wildman–Crippen LogP) is 2.72. The second-order valence-electron chi connectivity index (χ2n) is 5.42. The molecule has 110 valence electrons. The fourth-order valence-corrected chi connectivity index (χ4v) is 3.22. The number of likely N-dealkylation sites (tertiary alicyclic amines) is 1. The second-order valence-corrected chi connectivity index (χ2v) is 5.42. The van der Waals surface area contributed by atoms with Crippen LogP contribution in [0.15, 0.2) is 24.3 Å². The van der Waals surface area contributed by atoms with Gasteiger partial charge in [-0.05, 0) is 44.0 Å². The van der Waals surface area contributed by atoms with Gasteiger partial charge in [0.1, 0.15) is 0 Å². The van der Waals surface area contributed by atoms with Crippen molar-refractivity contribution in [1.29, 1.82) is 0 Å². The van der Waals surface area contributed by atoms with Gasteiger partial charge in [0.05, 0.1) is 4.92 Å². The first-order valence-corrected chi connectivity index (χ1v) is 7.35. The van der Waals surface area contributed by atoms with Crippen molar-refractivity contribution in [3.8, 4) is 0 Å². The smallest absolute Gasteiger partial charge is 0.269 e. The number of hydrogen-bond donors (Lipinski definition) is 1. The van der Waals surface area contributed by atoms with Gasteiger partial charge < -0.3 is 5.73 Å². The Morgan fingerprint density at radius 2 is 2.25 bits per heavy atom. The number of nitro groups is 1. The summed E-state index contributed by atoms with van der Waals surface area (Å²) in [5.74, 6) is 0.374. The molecule has 1 aliphatic rings. The molecule has 2 N–H and O–H groups in total. The highest BCUT2D eigenvalue weighted by atomic mass is 16.6. The Labute approximate surface area is 119 Å². The highest BCUT2D eigenvalue weighted by Crippen LogP contribution is 2.35. The molecule has 0 aliphatic carbocycles. The number of hydrogen-bond acceptors (Lipinski definition) is 4. The normalized spacial score (nSPS) is 24.3. The third-order valence-corrected chi connectivity index (χ3v) is 4.24. The van der Waals surface area contributed by atoms with Gasteiger partial charge in [-0.3, -0.25) is 15.0 Å². The third kappa shape index (κ3) is 3.16. The highest BCUT2D eigenvalue weighted by Gasteiger charge is 2.30. The molecule has 0 bridgehead atoms. The zero-order valence-corrected chi connectivity index (χ0v) is 12.0.